The number of hydrogen-bond acceptors (Lipinski definition) is 3. The van der Waals surface area contributed by atoms with Crippen molar-refractivity contribution >= 4 is 0 Å². The molecule has 0 spiro atoms. The molecule has 2 N–H and O–H groups in total. The van der Waals surface area contributed by atoms with Crippen molar-refractivity contribution in [2.45, 2.75) is 64.5 Å². The summed E-state index contributed by atoms with van der Waals surface area (Å²) < 4.78 is 5.53. The van der Waals surface area contributed by atoms with Crippen molar-refractivity contribution in [3.63, 3.8) is 0 Å². The minimum absolute atomic E-state index is 0.0827. The lowest BCUT2D eigenvalue weighted by molar-refractivity contribution is -0.0246. The summed E-state index contributed by atoms with van der Waals surface area (Å²) in [5.41, 5.74) is 6.26. The Bertz CT molecular complexity index is 231. The molecule has 2 atom stereocenters. The number of rotatable bonds is 10. The zero-order valence-corrected chi connectivity index (χ0v) is 12.7. The number of unbranched alkanes of at least 4 members (excludes halogenated alkanes) is 1. The van der Waals surface area contributed by atoms with Gasteiger partial charge in [-0.25, -0.2) is 0 Å². The van der Waals surface area contributed by atoms with E-state index >= 15 is 0 Å². The first-order valence-corrected chi connectivity index (χ1v) is 7.62. The molecule has 0 aromatic heterocycles. The maximum atomic E-state index is 6.18. The van der Waals surface area contributed by atoms with Gasteiger partial charge in [0.2, 0.25) is 0 Å². The van der Waals surface area contributed by atoms with E-state index in [1.165, 1.54) is 32.1 Å². The standard InChI is InChI=1S/C15H32N2O/c1-5-7-10-17(13(3)6-2)15(11-16,12-18-4)14-8-9-14/h13-14H,5-12,16H2,1-4H3. The zero-order chi connectivity index (χ0) is 13.6. The van der Waals surface area contributed by atoms with Crippen molar-refractivity contribution in [3.05, 3.63) is 0 Å². The average molecular weight is 256 g/mol. The van der Waals surface area contributed by atoms with Crippen molar-refractivity contribution in [2.75, 3.05) is 26.8 Å². The molecule has 1 fully saturated rings. The van der Waals surface area contributed by atoms with Crippen molar-refractivity contribution in [1.82, 2.24) is 4.90 Å². The molecule has 2 unspecified atom stereocenters. The van der Waals surface area contributed by atoms with Crippen LogP contribution in [0.5, 0.6) is 0 Å². The Labute approximate surface area is 113 Å². The topological polar surface area (TPSA) is 38.5 Å². The van der Waals surface area contributed by atoms with E-state index in [9.17, 15) is 0 Å². The summed E-state index contributed by atoms with van der Waals surface area (Å²) in [6.45, 7) is 9.51. The fraction of sp³-hybridized carbons (Fsp3) is 1.00. The molecule has 1 rings (SSSR count). The second-order valence-electron chi connectivity index (χ2n) is 5.82. The number of ether oxygens (including phenoxy) is 1. The summed E-state index contributed by atoms with van der Waals surface area (Å²) >= 11 is 0. The molecule has 0 aromatic rings. The molecular formula is C15H32N2O. The highest BCUT2D eigenvalue weighted by Gasteiger charge is 2.49. The number of methoxy groups -OCH3 is 1. The van der Waals surface area contributed by atoms with Crippen LogP contribution >= 0.6 is 0 Å². The normalized spacial score (nSPS) is 21.0. The molecule has 0 radical (unpaired) electrons. The zero-order valence-electron chi connectivity index (χ0n) is 12.7. The van der Waals surface area contributed by atoms with E-state index in [4.69, 9.17) is 10.5 Å². The largest absolute Gasteiger partial charge is 0.383 e. The third-order valence-corrected chi connectivity index (χ3v) is 4.53. The third-order valence-electron chi connectivity index (χ3n) is 4.53. The van der Waals surface area contributed by atoms with Gasteiger partial charge in [0.15, 0.2) is 0 Å². The average Bonchev–Trinajstić information content (AvgIpc) is 3.21. The van der Waals surface area contributed by atoms with Crippen LogP contribution in [-0.4, -0.2) is 43.3 Å². The molecule has 0 bridgehead atoms. The summed E-state index contributed by atoms with van der Waals surface area (Å²) in [6, 6.07) is 0.593. The monoisotopic (exact) mass is 256 g/mol. The van der Waals surface area contributed by atoms with Crippen molar-refractivity contribution in [3.8, 4) is 0 Å². The van der Waals surface area contributed by atoms with Crippen molar-refractivity contribution < 1.29 is 4.74 Å². The molecule has 1 saturated carbocycles. The van der Waals surface area contributed by atoms with Crippen molar-refractivity contribution in [1.29, 1.82) is 0 Å². The number of nitrogens with two attached hydrogens (primary N) is 1. The highest BCUT2D eigenvalue weighted by molar-refractivity contribution is 5.04. The first-order valence-electron chi connectivity index (χ1n) is 7.62. The Kier molecular flexibility index (Phi) is 6.61. The van der Waals surface area contributed by atoms with Gasteiger partial charge >= 0.3 is 0 Å². The lowest BCUT2D eigenvalue weighted by atomic mass is 9.89. The molecule has 0 saturated heterocycles. The molecule has 3 nitrogen and oxygen atoms in total. The van der Waals surface area contributed by atoms with Crippen LogP contribution in [0.2, 0.25) is 0 Å². The number of nitrogens with zero attached hydrogens (tertiary/aromatic N) is 1. The van der Waals surface area contributed by atoms with Crippen LogP contribution in [0.4, 0.5) is 0 Å². The predicted molar refractivity (Wildman–Crippen MR) is 77.8 cm³/mol. The fourth-order valence-corrected chi connectivity index (χ4v) is 3.08. The molecule has 3 heteroatoms. The maximum absolute atomic E-state index is 6.18. The quantitative estimate of drug-likeness (QED) is 0.653. The second-order valence-corrected chi connectivity index (χ2v) is 5.82. The Morgan fingerprint density at radius 2 is 2.06 bits per heavy atom. The Balaban J connectivity index is 2.87. The first kappa shape index (κ1) is 15.9. The number of hydrogen-bond donors (Lipinski definition) is 1. The molecule has 0 amide bonds. The van der Waals surface area contributed by atoms with Gasteiger partial charge in [-0.15, -0.1) is 0 Å². The minimum Gasteiger partial charge on any atom is -0.383 e. The summed E-state index contributed by atoms with van der Waals surface area (Å²) in [7, 11) is 1.81. The lowest BCUT2D eigenvalue weighted by Crippen LogP contribution is -2.61. The Hall–Kier alpha value is -0.120. The van der Waals surface area contributed by atoms with Gasteiger partial charge in [-0.1, -0.05) is 20.3 Å². The van der Waals surface area contributed by atoms with E-state index in [0.29, 0.717) is 6.04 Å². The maximum Gasteiger partial charge on any atom is 0.0661 e. The van der Waals surface area contributed by atoms with Gasteiger partial charge in [-0.2, -0.15) is 0 Å². The van der Waals surface area contributed by atoms with Gasteiger partial charge < -0.3 is 10.5 Å². The minimum atomic E-state index is 0.0827. The Morgan fingerprint density at radius 3 is 2.44 bits per heavy atom. The molecule has 1 aliphatic rings. The van der Waals surface area contributed by atoms with E-state index in [1.54, 1.807) is 7.11 Å². The van der Waals surface area contributed by atoms with Crippen LogP contribution in [-0.2, 0) is 4.74 Å². The lowest BCUT2D eigenvalue weighted by Gasteiger charge is -2.47. The van der Waals surface area contributed by atoms with E-state index in [-0.39, 0.29) is 5.54 Å². The summed E-state index contributed by atoms with van der Waals surface area (Å²) in [6.07, 6.45) is 6.31. The van der Waals surface area contributed by atoms with Gasteiger partial charge in [-0.3, -0.25) is 4.90 Å². The molecule has 1 aliphatic carbocycles. The molecule has 0 heterocycles. The van der Waals surface area contributed by atoms with Crippen molar-refractivity contribution in [2.24, 2.45) is 11.7 Å². The van der Waals surface area contributed by atoms with Crippen LogP contribution in [0.15, 0.2) is 0 Å². The summed E-state index contributed by atoms with van der Waals surface area (Å²) in [4.78, 5) is 2.65. The first-order chi connectivity index (χ1) is 8.66. The smallest absolute Gasteiger partial charge is 0.0661 e. The molecule has 108 valence electrons. The van der Waals surface area contributed by atoms with Gasteiger partial charge in [0.1, 0.15) is 0 Å². The van der Waals surface area contributed by atoms with Gasteiger partial charge in [0, 0.05) is 19.7 Å². The van der Waals surface area contributed by atoms with Crippen LogP contribution < -0.4 is 5.73 Å². The molecule has 18 heavy (non-hydrogen) atoms. The van der Waals surface area contributed by atoms with E-state index in [1.807, 2.05) is 0 Å². The molecular weight excluding hydrogens is 224 g/mol. The second kappa shape index (κ2) is 7.46. The third kappa shape index (κ3) is 3.46. The highest BCUT2D eigenvalue weighted by Crippen LogP contribution is 2.44. The van der Waals surface area contributed by atoms with Crippen LogP contribution in [0, 0.1) is 5.92 Å². The van der Waals surface area contributed by atoms with Gasteiger partial charge in [-0.05, 0) is 45.1 Å². The SMILES string of the molecule is CCCCN(C(C)CC)C(CN)(COC)C1CC1. The highest BCUT2D eigenvalue weighted by atomic mass is 16.5. The van der Waals surface area contributed by atoms with Crippen LogP contribution in [0.3, 0.4) is 0 Å². The van der Waals surface area contributed by atoms with E-state index in [2.05, 4.69) is 25.7 Å². The summed E-state index contributed by atoms with van der Waals surface area (Å²) in [5, 5.41) is 0. The van der Waals surface area contributed by atoms with E-state index < -0.39 is 0 Å². The fourth-order valence-electron chi connectivity index (χ4n) is 3.08. The van der Waals surface area contributed by atoms with Crippen LogP contribution in [0.1, 0.15) is 52.9 Å². The predicted octanol–water partition coefficient (Wildman–Crippen LogP) is 2.64. The van der Waals surface area contributed by atoms with Gasteiger partial charge in [0.25, 0.3) is 0 Å². The molecule has 0 aromatic carbocycles. The molecule has 0 aliphatic heterocycles. The summed E-state index contributed by atoms with van der Waals surface area (Å²) in [5.74, 6) is 0.744. The van der Waals surface area contributed by atoms with Gasteiger partial charge in [0.05, 0.1) is 12.1 Å². The van der Waals surface area contributed by atoms with E-state index in [0.717, 1.165) is 25.6 Å². The van der Waals surface area contributed by atoms with Crippen LogP contribution in [0.25, 0.3) is 0 Å². The Morgan fingerprint density at radius 1 is 1.39 bits per heavy atom.